The summed E-state index contributed by atoms with van der Waals surface area (Å²) in [5, 5.41) is 2.88. The zero-order valence-corrected chi connectivity index (χ0v) is 10.2. The topological polar surface area (TPSA) is 29.1 Å². The van der Waals surface area contributed by atoms with Crippen LogP contribution in [0.4, 0.5) is 0 Å². The Balaban J connectivity index is 2.30. The minimum atomic E-state index is -0.0125. The highest BCUT2D eigenvalue weighted by atomic mass is 127. The average Bonchev–Trinajstić information content (AvgIpc) is 2.48. The molecule has 74 valence electrons. The third kappa shape index (κ3) is 1.78. The summed E-state index contributed by atoms with van der Waals surface area (Å²) < 4.78 is 1.23. The summed E-state index contributed by atoms with van der Waals surface area (Å²) in [4.78, 5) is 11.2. The van der Waals surface area contributed by atoms with Crippen molar-refractivity contribution in [2.75, 3.05) is 6.54 Å². The second-order valence-corrected chi connectivity index (χ2v) is 5.27. The molecule has 1 aliphatic heterocycles. The van der Waals surface area contributed by atoms with E-state index in [1.54, 1.807) is 0 Å². The van der Waals surface area contributed by atoms with Gasteiger partial charge < -0.3 is 5.32 Å². The number of rotatable bonds is 1. The van der Waals surface area contributed by atoms with Gasteiger partial charge in [0.05, 0.1) is 0 Å². The number of nitrogens with one attached hydrogen (secondary N) is 1. The molecule has 0 saturated carbocycles. The quantitative estimate of drug-likeness (QED) is 0.791. The van der Waals surface area contributed by atoms with Gasteiger partial charge in [-0.3, -0.25) is 4.79 Å². The first-order valence-corrected chi connectivity index (χ1v) is 5.71. The van der Waals surface area contributed by atoms with Crippen LogP contribution in [0.15, 0.2) is 24.3 Å². The van der Waals surface area contributed by atoms with Gasteiger partial charge in [0.15, 0.2) is 0 Å². The molecule has 0 radical (unpaired) electrons. The molecule has 1 fully saturated rings. The lowest BCUT2D eigenvalue weighted by atomic mass is 9.82. The lowest BCUT2D eigenvalue weighted by molar-refractivity contribution is -0.119. The minimum absolute atomic E-state index is 0.0125. The molecule has 0 bridgehead atoms. The molecular weight excluding hydrogens is 289 g/mol. The van der Waals surface area contributed by atoms with Gasteiger partial charge in [0, 0.05) is 22.0 Å². The van der Waals surface area contributed by atoms with Gasteiger partial charge in [-0.25, -0.2) is 0 Å². The molecule has 1 aromatic rings. The largest absolute Gasteiger partial charge is 0.355 e. The van der Waals surface area contributed by atoms with E-state index in [9.17, 15) is 4.79 Å². The average molecular weight is 301 g/mol. The van der Waals surface area contributed by atoms with E-state index >= 15 is 0 Å². The number of amides is 1. The number of halogens is 1. The Morgan fingerprint density at radius 3 is 2.50 bits per heavy atom. The fraction of sp³-hybridized carbons (Fsp3) is 0.364. The number of benzene rings is 1. The highest BCUT2D eigenvalue weighted by molar-refractivity contribution is 14.1. The minimum Gasteiger partial charge on any atom is -0.355 e. The summed E-state index contributed by atoms with van der Waals surface area (Å²) in [6, 6.07) is 8.40. The molecule has 1 aromatic carbocycles. The molecule has 0 aliphatic carbocycles. The normalized spacial score (nSPS) is 26.3. The van der Waals surface area contributed by atoms with Crippen molar-refractivity contribution < 1.29 is 4.79 Å². The Kier molecular flexibility index (Phi) is 2.51. The third-order valence-electron chi connectivity index (χ3n) is 2.77. The van der Waals surface area contributed by atoms with Crippen molar-refractivity contribution in [1.82, 2.24) is 5.32 Å². The number of carbonyl (C=O) groups is 1. The van der Waals surface area contributed by atoms with Gasteiger partial charge >= 0.3 is 0 Å². The fourth-order valence-corrected chi connectivity index (χ4v) is 2.19. The van der Waals surface area contributed by atoms with Gasteiger partial charge in [-0.05, 0) is 40.3 Å². The van der Waals surface area contributed by atoms with Crippen LogP contribution in [-0.4, -0.2) is 12.5 Å². The molecule has 1 saturated heterocycles. The summed E-state index contributed by atoms with van der Waals surface area (Å²) in [7, 11) is 0. The highest BCUT2D eigenvalue weighted by Crippen LogP contribution is 2.30. The summed E-state index contributed by atoms with van der Waals surface area (Å²) >= 11 is 2.29. The molecule has 2 rings (SSSR count). The van der Waals surface area contributed by atoms with Crippen LogP contribution in [0, 0.1) is 3.57 Å². The van der Waals surface area contributed by atoms with E-state index in [0.717, 1.165) is 6.54 Å². The van der Waals surface area contributed by atoms with E-state index in [4.69, 9.17) is 0 Å². The Bertz CT molecular complexity index is 360. The smallest absolute Gasteiger partial charge is 0.220 e. The Morgan fingerprint density at radius 1 is 1.36 bits per heavy atom. The Labute approximate surface area is 97.2 Å². The predicted molar refractivity (Wildman–Crippen MR) is 64.1 cm³/mol. The van der Waals surface area contributed by atoms with Crippen molar-refractivity contribution in [3.8, 4) is 0 Å². The summed E-state index contributed by atoms with van der Waals surface area (Å²) in [5.41, 5.74) is 1.23. The fourth-order valence-electron chi connectivity index (χ4n) is 1.83. The maximum Gasteiger partial charge on any atom is 0.220 e. The first-order valence-electron chi connectivity index (χ1n) is 4.63. The van der Waals surface area contributed by atoms with Crippen molar-refractivity contribution >= 4 is 28.5 Å². The van der Waals surface area contributed by atoms with Gasteiger partial charge in [0.25, 0.3) is 0 Å². The van der Waals surface area contributed by atoms with Crippen LogP contribution < -0.4 is 5.32 Å². The van der Waals surface area contributed by atoms with Crippen LogP contribution in [-0.2, 0) is 10.2 Å². The van der Waals surface area contributed by atoms with Crippen molar-refractivity contribution in [2.24, 2.45) is 0 Å². The van der Waals surface area contributed by atoms with Crippen LogP contribution in [0.1, 0.15) is 18.9 Å². The van der Waals surface area contributed by atoms with Crippen LogP contribution >= 0.6 is 22.6 Å². The van der Waals surface area contributed by atoms with E-state index < -0.39 is 0 Å². The highest BCUT2D eigenvalue weighted by Gasteiger charge is 2.35. The maximum absolute atomic E-state index is 11.2. The van der Waals surface area contributed by atoms with Crippen molar-refractivity contribution in [1.29, 1.82) is 0 Å². The lowest BCUT2D eigenvalue weighted by Gasteiger charge is -2.21. The van der Waals surface area contributed by atoms with Crippen molar-refractivity contribution in [2.45, 2.75) is 18.8 Å². The standard InChI is InChI=1S/C11H12INO/c1-11(6-10(14)13-7-11)8-2-4-9(12)5-3-8/h2-5H,6-7H2,1H3,(H,13,14). The van der Waals surface area contributed by atoms with E-state index in [2.05, 4.69) is 59.1 Å². The van der Waals surface area contributed by atoms with Crippen LogP contribution in [0.2, 0.25) is 0 Å². The zero-order chi connectivity index (χ0) is 10.2. The predicted octanol–water partition coefficient (Wildman–Crippen LogP) is 2.07. The van der Waals surface area contributed by atoms with Crippen LogP contribution in [0.25, 0.3) is 0 Å². The van der Waals surface area contributed by atoms with Gasteiger partial charge in [-0.15, -0.1) is 0 Å². The van der Waals surface area contributed by atoms with Crippen LogP contribution in [0.5, 0.6) is 0 Å². The molecule has 1 heterocycles. The second-order valence-electron chi connectivity index (χ2n) is 4.02. The SMILES string of the molecule is CC1(c2ccc(I)cc2)CNC(=O)C1. The molecule has 1 N–H and O–H groups in total. The maximum atomic E-state index is 11.2. The molecule has 2 nitrogen and oxygen atoms in total. The number of carbonyl (C=O) groups excluding carboxylic acids is 1. The van der Waals surface area contributed by atoms with Crippen molar-refractivity contribution in [3.63, 3.8) is 0 Å². The van der Waals surface area contributed by atoms with E-state index in [-0.39, 0.29) is 11.3 Å². The van der Waals surface area contributed by atoms with E-state index in [1.165, 1.54) is 9.13 Å². The Morgan fingerprint density at radius 2 is 2.00 bits per heavy atom. The molecule has 1 atom stereocenters. The van der Waals surface area contributed by atoms with Gasteiger partial charge in [0.2, 0.25) is 5.91 Å². The molecule has 3 heteroatoms. The molecule has 1 amide bonds. The first kappa shape index (κ1) is 9.96. The Hall–Kier alpha value is -0.580. The molecule has 1 unspecified atom stereocenters. The molecular formula is C11H12INO. The van der Waals surface area contributed by atoms with Crippen LogP contribution in [0.3, 0.4) is 0 Å². The number of hydrogen-bond donors (Lipinski definition) is 1. The zero-order valence-electron chi connectivity index (χ0n) is 8.01. The van der Waals surface area contributed by atoms with Gasteiger partial charge in [0.1, 0.15) is 0 Å². The van der Waals surface area contributed by atoms with Gasteiger partial charge in [-0.1, -0.05) is 19.1 Å². The monoisotopic (exact) mass is 301 g/mol. The van der Waals surface area contributed by atoms with Crippen molar-refractivity contribution in [3.05, 3.63) is 33.4 Å². The molecule has 1 aliphatic rings. The summed E-state index contributed by atoms with van der Waals surface area (Å²) in [5.74, 6) is 0.158. The van der Waals surface area contributed by atoms with E-state index in [0.29, 0.717) is 6.42 Å². The van der Waals surface area contributed by atoms with E-state index in [1.807, 2.05) is 0 Å². The third-order valence-corrected chi connectivity index (χ3v) is 3.49. The molecule has 0 spiro atoms. The molecule has 14 heavy (non-hydrogen) atoms. The van der Waals surface area contributed by atoms with Gasteiger partial charge in [-0.2, -0.15) is 0 Å². The molecule has 0 aromatic heterocycles. The lowest BCUT2D eigenvalue weighted by Crippen LogP contribution is -2.24. The first-order chi connectivity index (χ1) is 6.60. The summed E-state index contributed by atoms with van der Waals surface area (Å²) in [6.07, 6.45) is 0.605. The summed E-state index contributed by atoms with van der Waals surface area (Å²) in [6.45, 7) is 2.89. The second kappa shape index (κ2) is 3.53. The number of hydrogen-bond acceptors (Lipinski definition) is 1.